The van der Waals surface area contributed by atoms with E-state index in [0.717, 1.165) is 14.7 Å². The summed E-state index contributed by atoms with van der Waals surface area (Å²) in [5, 5.41) is 0. The van der Waals surface area contributed by atoms with Crippen LogP contribution in [0.25, 0.3) is 0 Å². The van der Waals surface area contributed by atoms with Gasteiger partial charge in [0.15, 0.2) is 0 Å². The van der Waals surface area contributed by atoms with Crippen LogP contribution >= 0.6 is 45.2 Å². The Labute approximate surface area is 191 Å². The molecular formula is C22H18I2O4. The Morgan fingerprint density at radius 1 is 0.786 bits per heavy atom. The third-order valence-electron chi connectivity index (χ3n) is 3.98. The van der Waals surface area contributed by atoms with Crippen LogP contribution in [0.15, 0.2) is 66.7 Å². The van der Waals surface area contributed by atoms with Crippen molar-refractivity contribution in [2.24, 2.45) is 0 Å². The number of hydrogen-bond acceptors (Lipinski definition) is 4. The Hall–Kier alpha value is -1.81. The van der Waals surface area contributed by atoms with Crippen molar-refractivity contribution in [2.45, 2.75) is 13.2 Å². The fourth-order valence-corrected chi connectivity index (χ4v) is 3.20. The highest BCUT2D eigenvalue weighted by molar-refractivity contribution is 14.1. The second kappa shape index (κ2) is 10.1. The second-order valence-electron chi connectivity index (χ2n) is 5.98. The number of benzene rings is 3. The van der Waals surface area contributed by atoms with Gasteiger partial charge in [-0.3, -0.25) is 0 Å². The Kier molecular flexibility index (Phi) is 7.55. The minimum atomic E-state index is -0.461. The molecule has 6 heteroatoms. The van der Waals surface area contributed by atoms with Gasteiger partial charge in [-0.2, -0.15) is 0 Å². The summed E-state index contributed by atoms with van der Waals surface area (Å²) in [6.45, 7) is 0.782. The van der Waals surface area contributed by atoms with Crippen molar-refractivity contribution >= 4 is 51.2 Å². The van der Waals surface area contributed by atoms with Gasteiger partial charge in [-0.1, -0.05) is 24.3 Å². The smallest absolute Gasteiger partial charge is 0.341 e. The van der Waals surface area contributed by atoms with Crippen LogP contribution in [0.1, 0.15) is 21.5 Å². The van der Waals surface area contributed by atoms with E-state index in [9.17, 15) is 4.79 Å². The molecule has 0 aliphatic heterocycles. The normalized spacial score (nSPS) is 10.4. The van der Waals surface area contributed by atoms with Gasteiger partial charge in [-0.25, -0.2) is 4.79 Å². The van der Waals surface area contributed by atoms with Crippen molar-refractivity contribution in [3.8, 4) is 11.5 Å². The maximum absolute atomic E-state index is 12.2. The molecule has 0 bridgehead atoms. The van der Waals surface area contributed by atoms with Gasteiger partial charge in [0.1, 0.15) is 30.3 Å². The molecule has 0 saturated heterocycles. The lowest BCUT2D eigenvalue weighted by atomic mass is 10.2. The molecular weight excluding hydrogens is 582 g/mol. The molecule has 3 rings (SSSR count). The molecule has 4 nitrogen and oxygen atoms in total. The zero-order chi connectivity index (χ0) is 19.9. The van der Waals surface area contributed by atoms with E-state index in [-0.39, 0.29) is 0 Å². The maximum atomic E-state index is 12.2. The summed E-state index contributed by atoms with van der Waals surface area (Å²) in [7, 11) is 1.35. The average Bonchev–Trinajstić information content (AvgIpc) is 2.72. The summed E-state index contributed by atoms with van der Waals surface area (Å²) in [4.78, 5) is 12.2. The molecule has 0 aromatic heterocycles. The molecule has 0 atom stereocenters. The first-order valence-corrected chi connectivity index (χ1v) is 10.7. The van der Waals surface area contributed by atoms with Gasteiger partial charge >= 0.3 is 5.97 Å². The quantitative estimate of drug-likeness (QED) is 0.253. The lowest BCUT2D eigenvalue weighted by molar-refractivity contribution is 0.0595. The monoisotopic (exact) mass is 600 g/mol. The van der Waals surface area contributed by atoms with Crippen molar-refractivity contribution in [1.29, 1.82) is 0 Å². The first-order valence-electron chi connectivity index (χ1n) is 8.52. The van der Waals surface area contributed by atoms with Crippen LogP contribution in [0.5, 0.6) is 11.5 Å². The van der Waals surface area contributed by atoms with Crippen LogP contribution in [-0.4, -0.2) is 13.1 Å². The molecule has 28 heavy (non-hydrogen) atoms. The zero-order valence-corrected chi connectivity index (χ0v) is 19.5. The Morgan fingerprint density at radius 3 is 1.86 bits per heavy atom. The van der Waals surface area contributed by atoms with Crippen LogP contribution in [0.2, 0.25) is 0 Å². The molecule has 144 valence electrons. The van der Waals surface area contributed by atoms with E-state index in [1.807, 2.05) is 48.5 Å². The van der Waals surface area contributed by atoms with Crippen molar-refractivity contribution < 1.29 is 19.0 Å². The molecule has 0 saturated carbocycles. The maximum Gasteiger partial charge on any atom is 0.341 e. The predicted octanol–water partition coefficient (Wildman–Crippen LogP) is 5.84. The average molecular weight is 600 g/mol. The molecule has 0 amide bonds. The molecule has 0 radical (unpaired) electrons. The molecule has 0 heterocycles. The summed E-state index contributed by atoms with van der Waals surface area (Å²) in [6, 6.07) is 21.3. The fraction of sp³-hybridized carbons (Fsp3) is 0.136. The molecule has 0 N–H and O–H groups in total. The van der Waals surface area contributed by atoms with Crippen LogP contribution in [0.3, 0.4) is 0 Å². The first kappa shape index (κ1) is 20.9. The summed E-state index contributed by atoms with van der Waals surface area (Å²) < 4.78 is 18.9. The topological polar surface area (TPSA) is 44.8 Å². The van der Waals surface area contributed by atoms with E-state index in [1.165, 1.54) is 10.7 Å². The molecule has 0 aliphatic carbocycles. The van der Waals surface area contributed by atoms with Crippen molar-refractivity contribution in [1.82, 2.24) is 0 Å². The lowest BCUT2D eigenvalue weighted by Gasteiger charge is -2.13. The van der Waals surface area contributed by atoms with E-state index in [4.69, 9.17) is 14.2 Å². The first-order chi connectivity index (χ1) is 13.5. The van der Waals surface area contributed by atoms with Gasteiger partial charge < -0.3 is 14.2 Å². The van der Waals surface area contributed by atoms with Crippen molar-refractivity contribution in [3.63, 3.8) is 0 Å². The Bertz CT molecular complexity index is 938. The van der Waals surface area contributed by atoms with E-state index in [1.54, 1.807) is 18.2 Å². The number of methoxy groups -OCH3 is 1. The lowest BCUT2D eigenvalue weighted by Crippen LogP contribution is -2.07. The number of rotatable bonds is 7. The number of halogens is 2. The van der Waals surface area contributed by atoms with Gasteiger partial charge in [0.2, 0.25) is 0 Å². The number of carbonyl (C=O) groups excluding carboxylic acids is 1. The largest absolute Gasteiger partial charge is 0.489 e. The Morgan fingerprint density at radius 2 is 1.32 bits per heavy atom. The predicted molar refractivity (Wildman–Crippen MR) is 125 cm³/mol. The van der Waals surface area contributed by atoms with Crippen LogP contribution in [0, 0.1) is 7.14 Å². The van der Waals surface area contributed by atoms with E-state index >= 15 is 0 Å². The third kappa shape index (κ3) is 5.84. The SMILES string of the molecule is COC(=O)c1cc(OCc2ccc(I)cc2)ccc1OCc1ccc(I)cc1. The second-order valence-corrected chi connectivity index (χ2v) is 8.47. The summed E-state index contributed by atoms with van der Waals surface area (Å²) in [6.07, 6.45) is 0. The number of esters is 1. The van der Waals surface area contributed by atoms with Gasteiger partial charge in [0.05, 0.1) is 7.11 Å². The van der Waals surface area contributed by atoms with Crippen LogP contribution in [0.4, 0.5) is 0 Å². The van der Waals surface area contributed by atoms with E-state index in [0.29, 0.717) is 30.3 Å². The number of hydrogen-bond donors (Lipinski definition) is 0. The van der Waals surface area contributed by atoms with E-state index < -0.39 is 5.97 Å². The van der Waals surface area contributed by atoms with Gasteiger partial charge in [0.25, 0.3) is 0 Å². The van der Waals surface area contributed by atoms with Gasteiger partial charge in [-0.15, -0.1) is 0 Å². The third-order valence-corrected chi connectivity index (χ3v) is 5.42. The van der Waals surface area contributed by atoms with Crippen molar-refractivity contribution in [2.75, 3.05) is 7.11 Å². The van der Waals surface area contributed by atoms with Gasteiger partial charge in [-0.05, 0) is 98.8 Å². The van der Waals surface area contributed by atoms with Gasteiger partial charge in [0, 0.05) is 7.14 Å². The summed E-state index contributed by atoms with van der Waals surface area (Å²) >= 11 is 4.52. The summed E-state index contributed by atoms with van der Waals surface area (Å²) in [5.41, 5.74) is 2.42. The minimum absolute atomic E-state index is 0.341. The summed E-state index contributed by atoms with van der Waals surface area (Å²) in [5.74, 6) is 0.588. The highest BCUT2D eigenvalue weighted by Gasteiger charge is 2.15. The number of ether oxygens (including phenoxy) is 3. The molecule has 0 fully saturated rings. The zero-order valence-electron chi connectivity index (χ0n) is 15.2. The van der Waals surface area contributed by atoms with Crippen molar-refractivity contribution in [3.05, 3.63) is 90.6 Å². The van der Waals surface area contributed by atoms with E-state index in [2.05, 4.69) is 45.2 Å². The van der Waals surface area contributed by atoms with Crippen LogP contribution < -0.4 is 9.47 Å². The fourth-order valence-electron chi connectivity index (χ4n) is 2.48. The highest BCUT2D eigenvalue weighted by Crippen LogP contribution is 2.27. The molecule has 0 aliphatic rings. The Balaban J connectivity index is 1.72. The minimum Gasteiger partial charge on any atom is -0.489 e. The molecule has 0 spiro atoms. The van der Waals surface area contributed by atoms with Crippen LogP contribution in [-0.2, 0) is 18.0 Å². The number of carbonyl (C=O) groups is 1. The molecule has 3 aromatic rings. The molecule has 3 aromatic carbocycles. The highest BCUT2D eigenvalue weighted by atomic mass is 127. The molecule has 0 unspecified atom stereocenters. The standard InChI is InChI=1S/C22H18I2O4/c1-26-22(25)20-12-19(27-13-15-2-6-17(23)7-3-15)10-11-21(20)28-14-16-4-8-18(24)9-5-16/h2-12H,13-14H2,1H3.